The molecule has 0 spiro atoms. The van der Waals surface area contributed by atoms with Crippen molar-refractivity contribution in [3.8, 4) is 0 Å². The Bertz CT molecular complexity index is 977. The number of alkyl halides is 3. The molecule has 0 heterocycles. The summed E-state index contributed by atoms with van der Waals surface area (Å²) in [4.78, 5) is 14.4. The zero-order valence-corrected chi connectivity index (χ0v) is 15.6. The predicted molar refractivity (Wildman–Crippen MR) is 104 cm³/mol. The molecule has 0 saturated carbocycles. The van der Waals surface area contributed by atoms with Crippen LogP contribution in [0.4, 0.5) is 13.2 Å². The zero-order valence-electron chi connectivity index (χ0n) is 15.6. The number of rotatable bonds is 5. The molecule has 0 aliphatic heterocycles. The van der Waals surface area contributed by atoms with Crippen LogP contribution in [0, 0.1) is 0 Å². The number of carbonyl (C=O) groups is 1. The van der Waals surface area contributed by atoms with Gasteiger partial charge >= 0.3 is 6.18 Å². The average Bonchev–Trinajstić information content (AvgIpc) is 2.67. The summed E-state index contributed by atoms with van der Waals surface area (Å²) in [5, 5.41) is 4.95. The maximum absolute atomic E-state index is 12.9. The van der Waals surface area contributed by atoms with Crippen molar-refractivity contribution in [1.29, 1.82) is 0 Å². The van der Waals surface area contributed by atoms with Gasteiger partial charge in [0.25, 0.3) is 5.91 Å². The highest BCUT2D eigenvalue weighted by atomic mass is 19.4. The van der Waals surface area contributed by atoms with Crippen LogP contribution < -0.4 is 5.32 Å². The number of likely N-dealkylation sites (N-methyl/N-ethyl adjacent to an activating group) is 1. The molecule has 3 aromatic carbocycles. The average molecular weight is 386 g/mol. The number of carbonyl (C=O) groups excluding carboxylic acids is 1. The summed E-state index contributed by atoms with van der Waals surface area (Å²) in [5.74, 6) is -0.529. The van der Waals surface area contributed by atoms with E-state index < -0.39 is 17.6 Å². The lowest BCUT2D eigenvalue weighted by atomic mass is 9.98. The van der Waals surface area contributed by atoms with Gasteiger partial charge in [0, 0.05) is 12.1 Å². The first kappa shape index (κ1) is 19.9. The van der Waals surface area contributed by atoms with Gasteiger partial charge < -0.3 is 10.2 Å². The van der Waals surface area contributed by atoms with Gasteiger partial charge in [-0.15, -0.1) is 0 Å². The van der Waals surface area contributed by atoms with E-state index in [0.717, 1.165) is 28.5 Å². The zero-order chi connectivity index (χ0) is 20.3. The van der Waals surface area contributed by atoms with E-state index in [1.807, 2.05) is 61.5 Å². The Labute approximate surface area is 161 Å². The Balaban J connectivity index is 1.82. The summed E-state index contributed by atoms with van der Waals surface area (Å²) in [6, 6.07) is 18.3. The van der Waals surface area contributed by atoms with Crippen molar-refractivity contribution in [3.63, 3.8) is 0 Å². The molecule has 28 heavy (non-hydrogen) atoms. The molecule has 1 atom stereocenters. The van der Waals surface area contributed by atoms with Crippen LogP contribution in [0.2, 0.25) is 0 Å². The first-order chi connectivity index (χ1) is 13.3. The molecule has 146 valence electrons. The fraction of sp³-hybridized carbons (Fsp3) is 0.227. The minimum Gasteiger partial charge on any atom is -0.350 e. The van der Waals surface area contributed by atoms with E-state index >= 15 is 0 Å². The predicted octanol–water partition coefficient (Wildman–Crippen LogP) is 4.89. The van der Waals surface area contributed by atoms with Crippen LogP contribution in [0.25, 0.3) is 10.8 Å². The van der Waals surface area contributed by atoms with Crippen molar-refractivity contribution in [3.05, 3.63) is 83.4 Å². The number of hydrogen-bond acceptors (Lipinski definition) is 2. The molecule has 0 unspecified atom stereocenters. The third-order valence-electron chi connectivity index (χ3n) is 4.71. The van der Waals surface area contributed by atoms with Crippen LogP contribution in [-0.4, -0.2) is 31.4 Å². The number of hydrogen-bond donors (Lipinski definition) is 1. The van der Waals surface area contributed by atoms with Crippen molar-refractivity contribution in [2.24, 2.45) is 0 Å². The number of halogens is 3. The maximum atomic E-state index is 12.9. The molecule has 0 fully saturated rings. The van der Waals surface area contributed by atoms with Gasteiger partial charge in [-0.05, 0) is 48.6 Å². The lowest BCUT2D eigenvalue weighted by Gasteiger charge is -2.26. The topological polar surface area (TPSA) is 32.3 Å². The number of amides is 1. The Hall–Kier alpha value is -2.86. The van der Waals surface area contributed by atoms with E-state index in [2.05, 4.69) is 5.32 Å². The molecule has 0 aliphatic carbocycles. The number of benzene rings is 3. The van der Waals surface area contributed by atoms with Crippen LogP contribution in [0.15, 0.2) is 66.7 Å². The second kappa shape index (κ2) is 8.02. The fourth-order valence-electron chi connectivity index (χ4n) is 3.24. The second-order valence-corrected chi connectivity index (χ2v) is 6.84. The summed E-state index contributed by atoms with van der Waals surface area (Å²) in [6.07, 6.45) is -4.48. The minimum atomic E-state index is -4.48. The van der Waals surface area contributed by atoms with Crippen LogP contribution in [-0.2, 0) is 6.18 Å². The van der Waals surface area contributed by atoms with Gasteiger partial charge in [-0.25, -0.2) is 0 Å². The van der Waals surface area contributed by atoms with E-state index in [1.165, 1.54) is 12.1 Å². The van der Waals surface area contributed by atoms with E-state index in [4.69, 9.17) is 0 Å². The highest BCUT2D eigenvalue weighted by Gasteiger charge is 2.31. The number of nitrogens with zero attached hydrogens (tertiary/aromatic N) is 1. The van der Waals surface area contributed by atoms with Crippen molar-refractivity contribution in [2.45, 2.75) is 12.2 Å². The smallest absolute Gasteiger partial charge is 0.350 e. The molecule has 0 radical (unpaired) electrons. The quantitative estimate of drug-likeness (QED) is 0.677. The summed E-state index contributed by atoms with van der Waals surface area (Å²) in [7, 11) is 3.81. The van der Waals surface area contributed by atoms with Gasteiger partial charge in [-0.2, -0.15) is 13.2 Å². The molecule has 1 N–H and O–H groups in total. The fourth-order valence-corrected chi connectivity index (χ4v) is 3.24. The van der Waals surface area contributed by atoms with Crippen molar-refractivity contribution >= 4 is 16.7 Å². The SMILES string of the molecule is CN(C)[C@H](CNC(=O)c1cccc(C(F)(F)F)c1)c1cccc2ccccc12. The molecular weight excluding hydrogens is 365 g/mol. The van der Waals surface area contributed by atoms with Crippen LogP contribution in [0.1, 0.15) is 27.5 Å². The van der Waals surface area contributed by atoms with Crippen molar-refractivity contribution in [2.75, 3.05) is 20.6 Å². The molecule has 1 amide bonds. The van der Waals surface area contributed by atoms with E-state index in [9.17, 15) is 18.0 Å². The van der Waals surface area contributed by atoms with Gasteiger partial charge in [-0.1, -0.05) is 48.5 Å². The molecule has 0 saturated heterocycles. The standard InChI is InChI=1S/C22H21F3N2O/c1-27(2)20(19-12-6-8-15-7-3-4-11-18(15)19)14-26-21(28)16-9-5-10-17(13-16)22(23,24)25/h3-13,20H,14H2,1-2H3,(H,26,28)/t20-/m1/s1. The summed E-state index contributed by atoms with van der Waals surface area (Å²) in [6.45, 7) is 0.274. The highest BCUT2D eigenvalue weighted by Crippen LogP contribution is 2.30. The largest absolute Gasteiger partial charge is 0.416 e. The lowest BCUT2D eigenvalue weighted by molar-refractivity contribution is -0.137. The molecular formula is C22H21F3N2O. The maximum Gasteiger partial charge on any atom is 0.416 e. The molecule has 0 aliphatic rings. The number of fused-ring (bicyclic) bond motifs is 1. The summed E-state index contributed by atoms with van der Waals surface area (Å²) >= 11 is 0. The van der Waals surface area contributed by atoms with Crippen LogP contribution >= 0.6 is 0 Å². The Morgan fingerprint density at radius 1 is 1.00 bits per heavy atom. The van der Waals surface area contributed by atoms with Gasteiger partial charge in [0.2, 0.25) is 0 Å². The minimum absolute atomic E-state index is 0.00903. The molecule has 3 nitrogen and oxygen atoms in total. The monoisotopic (exact) mass is 386 g/mol. The third-order valence-corrected chi connectivity index (χ3v) is 4.71. The van der Waals surface area contributed by atoms with Gasteiger partial charge in [0.05, 0.1) is 11.6 Å². The van der Waals surface area contributed by atoms with Gasteiger partial charge in [-0.3, -0.25) is 4.79 Å². The molecule has 3 rings (SSSR count). The van der Waals surface area contributed by atoms with Gasteiger partial charge in [0.15, 0.2) is 0 Å². The Kier molecular flexibility index (Phi) is 5.70. The Morgan fingerprint density at radius 3 is 2.39 bits per heavy atom. The first-order valence-electron chi connectivity index (χ1n) is 8.87. The normalized spacial score (nSPS) is 12.9. The van der Waals surface area contributed by atoms with E-state index in [0.29, 0.717) is 0 Å². The Morgan fingerprint density at radius 2 is 1.68 bits per heavy atom. The molecule has 3 aromatic rings. The van der Waals surface area contributed by atoms with Crippen molar-refractivity contribution < 1.29 is 18.0 Å². The van der Waals surface area contributed by atoms with Crippen LogP contribution in [0.3, 0.4) is 0 Å². The first-order valence-corrected chi connectivity index (χ1v) is 8.87. The van der Waals surface area contributed by atoms with Crippen molar-refractivity contribution in [1.82, 2.24) is 10.2 Å². The second-order valence-electron chi connectivity index (χ2n) is 6.84. The highest BCUT2D eigenvalue weighted by molar-refractivity contribution is 5.94. The van der Waals surface area contributed by atoms with E-state index in [-0.39, 0.29) is 18.2 Å². The van der Waals surface area contributed by atoms with Gasteiger partial charge in [0.1, 0.15) is 0 Å². The van der Waals surface area contributed by atoms with E-state index in [1.54, 1.807) is 0 Å². The summed E-state index contributed by atoms with van der Waals surface area (Å²) < 4.78 is 38.6. The molecule has 6 heteroatoms. The number of nitrogens with one attached hydrogen (secondary N) is 1. The lowest BCUT2D eigenvalue weighted by Crippen LogP contribution is -2.34. The third kappa shape index (κ3) is 4.34. The molecule has 0 aromatic heterocycles. The summed E-state index contributed by atoms with van der Waals surface area (Å²) in [5.41, 5.74) is 0.205. The molecule has 0 bridgehead atoms. The van der Waals surface area contributed by atoms with Crippen LogP contribution in [0.5, 0.6) is 0 Å².